The zero-order valence-corrected chi connectivity index (χ0v) is 11.0. The summed E-state index contributed by atoms with van der Waals surface area (Å²) >= 11 is 0. The highest BCUT2D eigenvalue weighted by atomic mass is 16.6. The van der Waals surface area contributed by atoms with Crippen LogP contribution in [0.2, 0.25) is 0 Å². The van der Waals surface area contributed by atoms with E-state index >= 15 is 0 Å². The number of aryl methyl sites for hydroxylation is 2. The Morgan fingerprint density at radius 2 is 2.05 bits per heavy atom. The maximum absolute atomic E-state index is 11.1. The van der Waals surface area contributed by atoms with Crippen LogP contribution in [0.1, 0.15) is 11.3 Å². The molecule has 0 radical (unpaired) electrons. The van der Waals surface area contributed by atoms with Gasteiger partial charge in [0.25, 0.3) is 0 Å². The van der Waals surface area contributed by atoms with Crippen LogP contribution in [-0.4, -0.2) is 14.9 Å². The summed E-state index contributed by atoms with van der Waals surface area (Å²) in [5, 5.41) is 14.1. The van der Waals surface area contributed by atoms with Gasteiger partial charge in [-0.1, -0.05) is 12.1 Å². The first-order valence-electron chi connectivity index (χ1n) is 5.84. The van der Waals surface area contributed by atoms with Gasteiger partial charge in [-0.15, -0.1) is 0 Å². The third kappa shape index (κ3) is 2.81. The quantitative estimate of drug-likeness (QED) is 0.443. The van der Waals surface area contributed by atoms with E-state index < -0.39 is 4.92 Å². The number of benzene rings is 1. The maximum Gasteiger partial charge on any atom is 0.332 e. The van der Waals surface area contributed by atoms with Crippen LogP contribution in [0.3, 0.4) is 0 Å². The van der Waals surface area contributed by atoms with Crippen molar-refractivity contribution in [1.82, 2.24) is 9.97 Å². The van der Waals surface area contributed by atoms with Gasteiger partial charge in [0, 0.05) is 5.69 Å². The molecule has 2 rings (SSSR count). The van der Waals surface area contributed by atoms with E-state index in [1.54, 1.807) is 6.07 Å². The molecule has 8 nitrogen and oxygen atoms in total. The first-order valence-corrected chi connectivity index (χ1v) is 5.84. The van der Waals surface area contributed by atoms with Crippen LogP contribution < -0.4 is 16.6 Å². The highest BCUT2D eigenvalue weighted by Crippen LogP contribution is 2.29. The van der Waals surface area contributed by atoms with Crippen molar-refractivity contribution in [1.29, 1.82) is 0 Å². The van der Waals surface area contributed by atoms with E-state index in [2.05, 4.69) is 20.7 Å². The van der Waals surface area contributed by atoms with Gasteiger partial charge in [0.05, 0.1) is 4.92 Å². The summed E-state index contributed by atoms with van der Waals surface area (Å²) in [6.07, 6.45) is 0. The molecule has 1 aromatic heterocycles. The fraction of sp³-hybridized carbons (Fsp3) is 0.167. The normalized spacial score (nSPS) is 10.2. The van der Waals surface area contributed by atoms with E-state index in [9.17, 15) is 10.1 Å². The molecule has 0 aliphatic rings. The molecule has 0 aliphatic carbocycles. The summed E-state index contributed by atoms with van der Waals surface area (Å²) in [7, 11) is 0. The minimum absolute atomic E-state index is 0.0982. The van der Waals surface area contributed by atoms with Crippen molar-refractivity contribution in [3.8, 4) is 0 Å². The molecule has 1 heterocycles. The number of hydrogen-bond donors (Lipinski definition) is 3. The number of nitrogens with one attached hydrogen (secondary N) is 2. The van der Waals surface area contributed by atoms with Crippen LogP contribution in [0, 0.1) is 24.0 Å². The summed E-state index contributed by atoms with van der Waals surface area (Å²) < 4.78 is 0. The second-order valence-corrected chi connectivity index (χ2v) is 4.23. The van der Waals surface area contributed by atoms with Gasteiger partial charge in [-0.3, -0.25) is 15.5 Å². The zero-order chi connectivity index (χ0) is 14.7. The van der Waals surface area contributed by atoms with Crippen LogP contribution in [0.15, 0.2) is 24.3 Å². The largest absolute Gasteiger partial charge is 0.334 e. The smallest absolute Gasteiger partial charge is 0.332 e. The van der Waals surface area contributed by atoms with Gasteiger partial charge in [0.15, 0.2) is 0 Å². The Morgan fingerprint density at radius 3 is 2.65 bits per heavy atom. The lowest BCUT2D eigenvalue weighted by Gasteiger charge is -2.09. The molecule has 4 N–H and O–H groups in total. The van der Waals surface area contributed by atoms with E-state index in [1.165, 1.54) is 6.92 Å². The Morgan fingerprint density at radius 1 is 1.30 bits per heavy atom. The van der Waals surface area contributed by atoms with Crippen molar-refractivity contribution < 1.29 is 4.92 Å². The third-order valence-electron chi connectivity index (χ3n) is 2.65. The monoisotopic (exact) mass is 274 g/mol. The van der Waals surface area contributed by atoms with Crippen LogP contribution >= 0.6 is 0 Å². The topological polar surface area (TPSA) is 119 Å². The number of nitro groups is 1. The molecule has 0 amide bonds. The molecule has 0 saturated carbocycles. The number of rotatable bonds is 4. The van der Waals surface area contributed by atoms with Crippen LogP contribution in [0.25, 0.3) is 0 Å². The first kappa shape index (κ1) is 13.7. The Hall–Kier alpha value is -2.74. The Balaban J connectivity index is 2.48. The predicted octanol–water partition coefficient (Wildman–Crippen LogP) is 2.03. The van der Waals surface area contributed by atoms with E-state index in [-0.39, 0.29) is 23.1 Å². The van der Waals surface area contributed by atoms with Crippen molar-refractivity contribution in [2.24, 2.45) is 5.84 Å². The standard InChI is InChI=1S/C12H14N6O2/c1-7-4-3-5-9(6-7)15-11-10(18(19)20)8(2)14-12(16-11)17-13/h3-6H,13H2,1-2H3,(H2,14,15,16,17). The minimum atomic E-state index is -0.520. The molecule has 8 heteroatoms. The fourth-order valence-electron chi connectivity index (χ4n) is 1.80. The molecular weight excluding hydrogens is 260 g/mol. The summed E-state index contributed by atoms with van der Waals surface area (Å²) in [6, 6.07) is 7.43. The van der Waals surface area contributed by atoms with Gasteiger partial charge >= 0.3 is 5.69 Å². The molecule has 1 aromatic carbocycles. The highest BCUT2D eigenvalue weighted by molar-refractivity contribution is 5.68. The number of hydrogen-bond acceptors (Lipinski definition) is 7. The van der Waals surface area contributed by atoms with Gasteiger partial charge in [-0.25, -0.2) is 10.8 Å². The molecular formula is C12H14N6O2. The van der Waals surface area contributed by atoms with Crippen LogP contribution in [-0.2, 0) is 0 Å². The molecule has 0 spiro atoms. The summed E-state index contributed by atoms with van der Waals surface area (Å²) in [6.45, 7) is 3.46. The average molecular weight is 274 g/mol. The van der Waals surface area contributed by atoms with Gasteiger partial charge in [0.1, 0.15) is 5.69 Å². The first-order chi connectivity index (χ1) is 9.51. The van der Waals surface area contributed by atoms with E-state index in [0.29, 0.717) is 5.69 Å². The van der Waals surface area contributed by atoms with Crippen molar-refractivity contribution >= 4 is 23.1 Å². The van der Waals surface area contributed by atoms with Gasteiger partial charge < -0.3 is 5.32 Å². The van der Waals surface area contributed by atoms with E-state index in [0.717, 1.165) is 5.56 Å². The summed E-state index contributed by atoms with van der Waals surface area (Å²) in [5.41, 5.74) is 4.07. The molecule has 0 saturated heterocycles. The Kier molecular flexibility index (Phi) is 3.76. The van der Waals surface area contributed by atoms with Gasteiger partial charge in [-0.05, 0) is 31.5 Å². The van der Waals surface area contributed by atoms with E-state index in [4.69, 9.17) is 5.84 Å². The van der Waals surface area contributed by atoms with Crippen molar-refractivity contribution in [3.05, 3.63) is 45.6 Å². The maximum atomic E-state index is 11.1. The van der Waals surface area contributed by atoms with Crippen molar-refractivity contribution in [2.45, 2.75) is 13.8 Å². The average Bonchev–Trinajstić information content (AvgIpc) is 2.37. The van der Waals surface area contributed by atoms with Gasteiger partial charge in [0.2, 0.25) is 11.8 Å². The number of aromatic nitrogens is 2. The number of nitrogen functional groups attached to an aromatic ring is 1. The van der Waals surface area contributed by atoms with Crippen molar-refractivity contribution in [2.75, 3.05) is 10.7 Å². The lowest BCUT2D eigenvalue weighted by atomic mass is 10.2. The second kappa shape index (κ2) is 5.49. The number of nitrogens with zero attached hydrogens (tertiary/aromatic N) is 3. The van der Waals surface area contributed by atoms with E-state index in [1.807, 2.05) is 25.1 Å². The molecule has 2 aromatic rings. The Labute approximate surface area is 115 Å². The van der Waals surface area contributed by atoms with Crippen LogP contribution in [0.4, 0.5) is 23.1 Å². The molecule has 0 unspecified atom stereocenters. The lowest BCUT2D eigenvalue weighted by Crippen LogP contribution is -2.13. The molecule has 104 valence electrons. The lowest BCUT2D eigenvalue weighted by molar-refractivity contribution is -0.385. The predicted molar refractivity (Wildman–Crippen MR) is 75.7 cm³/mol. The fourth-order valence-corrected chi connectivity index (χ4v) is 1.80. The van der Waals surface area contributed by atoms with Crippen molar-refractivity contribution in [3.63, 3.8) is 0 Å². The number of nitrogens with two attached hydrogens (primary N) is 1. The Bertz CT molecular complexity index is 658. The number of anilines is 3. The second-order valence-electron chi connectivity index (χ2n) is 4.23. The van der Waals surface area contributed by atoms with Crippen LogP contribution in [0.5, 0.6) is 0 Å². The molecule has 0 atom stereocenters. The zero-order valence-electron chi connectivity index (χ0n) is 11.0. The SMILES string of the molecule is Cc1cccc(Nc2nc(NN)nc(C)c2[N+](=O)[O-])c1. The molecule has 0 fully saturated rings. The highest BCUT2D eigenvalue weighted by Gasteiger charge is 2.22. The molecule has 0 aliphatic heterocycles. The third-order valence-corrected chi connectivity index (χ3v) is 2.65. The molecule has 20 heavy (non-hydrogen) atoms. The van der Waals surface area contributed by atoms with Gasteiger partial charge in [-0.2, -0.15) is 4.98 Å². The minimum Gasteiger partial charge on any atom is -0.334 e. The summed E-state index contributed by atoms with van der Waals surface area (Å²) in [4.78, 5) is 18.5. The number of hydrazine groups is 1. The summed E-state index contributed by atoms with van der Waals surface area (Å²) in [5.74, 6) is 5.47. The molecule has 0 bridgehead atoms.